The molecule has 0 radical (unpaired) electrons. The molecule has 0 fully saturated rings. The molecule has 0 aliphatic heterocycles. The Bertz CT molecular complexity index is 1170. The van der Waals surface area contributed by atoms with Crippen LogP contribution in [0.25, 0.3) is 32.7 Å². The van der Waals surface area contributed by atoms with Gasteiger partial charge in [-0.2, -0.15) is 0 Å². The van der Waals surface area contributed by atoms with Crippen molar-refractivity contribution in [2.24, 2.45) is 0 Å². The Labute approximate surface area is 167 Å². The highest BCUT2D eigenvalue weighted by atomic mass is 16.5. The van der Waals surface area contributed by atoms with E-state index < -0.39 is 0 Å². The molecular weight excluding hydrogens is 340 g/mol. The maximum Gasteiger partial charge on any atom is 0.119 e. The minimum absolute atomic E-state index is 0.377. The molecular formula is C27H26O. The van der Waals surface area contributed by atoms with E-state index in [1.807, 2.05) is 0 Å². The third-order valence-electron chi connectivity index (χ3n) is 6.22. The molecule has 0 aromatic heterocycles. The first-order valence-electron chi connectivity index (χ1n) is 10.5. The van der Waals surface area contributed by atoms with Gasteiger partial charge >= 0.3 is 0 Å². The highest BCUT2D eigenvalue weighted by Gasteiger charge is 2.41. The van der Waals surface area contributed by atoms with Gasteiger partial charge < -0.3 is 4.74 Å². The number of ether oxygens (including phenoxy) is 1. The number of unbranched alkanes of at least 4 members (excludes halogenated alkanes) is 1. The van der Waals surface area contributed by atoms with Crippen LogP contribution in [-0.4, -0.2) is 6.61 Å². The molecule has 4 aromatic rings. The maximum atomic E-state index is 6.69. The van der Waals surface area contributed by atoms with E-state index in [0.29, 0.717) is 6.61 Å². The minimum Gasteiger partial charge on any atom is -0.366 e. The van der Waals surface area contributed by atoms with Gasteiger partial charge in [0.25, 0.3) is 0 Å². The normalized spacial score (nSPS) is 17.8. The molecule has 0 spiro atoms. The highest BCUT2D eigenvalue weighted by Crippen LogP contribution is 2.52. The molecule has 1 nitrogen and oxygen atoms in total. The van der Waals surface area contributed by atoms with Crippen LogP contribution in [0.15, 0.2) is 72.8 Å². The summed E-state index contributed by atoms with van der Waals surface area (Å²) in [4.78, 5) is 0. The smallest absolute Gasteiger partial charge is 0.119 e. The lowest BCUT2D eigenvalue weighted by Gasteiger charge is -2.41. The summed E-state index contributed by atoms with van der Waals surface area (Å²) in [6, 6.07) is 26.8. The summed E-state index contributed by atoms with van der Waals surface area (Å²) in [5.74, 6) is 0. The Balaban J connectivity index is 1.94. The molecule has 0 N–H and O–H groups in total. The van der Waals surface area contributed by atoms with Gasteiger partial charge in [-0.15, -0.1) is 0 Å². The molecule has 1 unspecified atom stereocenters. The van der Waals surface area contributed by atoms with Crippen LogP contribution in [0.3, 0.4) is 0 Å². The summed E-state index contributed by atoms with van der Waals surface area (Å²) in [5, 5.41) is 5.23. The predicted molar refractivity (Wildman–Crippen MR) is 119 cm³/mol. The molecule has 1 aliphatic rings. The van der Waals surface area contributed by atoms with E-state index in [1.165, 1.54) is 43.8 Å². The number of hydrogen-bond donors (Lipinski definition) is 0. The van der Waals surface area contributed by atoms with Gasteiger partial charge in [-0.3, -0.25) is 0 Å². The largest absolute Gasteiger partial charge is 0.366 e. The monoisotopic (exact) mass is 366 g/mol. The van der Waals surface area contributed by atoms with Crippen LogP contribution in [0.1, 0.15) is 44.2 Å². The fourth-order valence-electron chi connectivity index (χ4n) is 5.01. The first-order valence-corrected chi connectivity index (χ1v) is 10.5. The summed E-state index contributed by atoms with van der Waals surface area (Å²) in [6.07, 6.45) is 3.32. The van der Waals surface area contributed by atoms with Crippen molar-refractivity contribution in [3.05, 3.63) is 83.9 Å². The topological polar surface area (TPSA) is 9.23 Å². The van der Waals surface area contributed by atoms with Crippen LogP contribution in [0.4, 0.5) is 0 Å². The molecule has 4 aromatic carbocycles. The van der Waals surface area contributed by atoms with E-state index in [0.717, 1.165) is 19.3 Å². The first kappa shape index (κ1) is 17.5. The van der Waals surface area contributed by atoms with Crippen LogP contribution in [0, 0.1) is 0 Å². The minimum atomic E-state index is -0.377. The average Bonchev–Trinajstić information content (AvgIpc) is 2.74. The van der Waals surface area contributed by atoms with Crippen LogP contribution in [0.2, 0.25) is 0 Å². The van der Waals surface area contributed by atoms with Crippen molar-refractivity contribution in [1.82, 2.24) is 0 Å². The van der Waals surface area contributed by atoms with E-state index >= 15 is 0 Å². The van der Waals surface area contributed by atoms with E-state index in [2.05, 4.69) is 86.6 Å². The first-order chi connectivity index (χ1) is 13.8. The van der Waals surface area contributed by atoms with Gasteiger partial charge in [-0.1, -0.05) is 80.4 Å². The van der Waals surface area contributed by atoms with E-state index in [-0.39, 0.29) is 5.60 Å². The lowest BCUT2D eigenvalue weighted by Crippen LogP contribution is -2.34. The summed E-state index contributed by atoms with van der Waals surface area (Å²) in [6.45, 7) is 5.09. The SMILES string of the molecule is CCCCC1(OCC)c2cc3ccccc3cc2-c2cccc3cccc1c23. The molecule has 28 heavy (non-hydrogen) atoms. The molecule has 0 saturated heterocycles. The number of rotatable bonds is 5. The number of fused-ring (bicyclic) bond motifs is 3. The van der Waals surface area contributed by atoms with Crippen molar-refractivity contribution in [1.29, 1.82) is 0 Å². The van der Waals surface area contributed by atoms with Gasteiger partial charge in [0.05, 0.1) is 0 Å². The fourth-order valence-corrected chi connectivity index (χ4v) is 5.01. The fraction of sp³-hybridized carbons (Fsp3) is 0.259. The van der Waals surface area contributed by atoms with Gasteiger partial charge in [0, 0.05) is 6.61 Å². The van der Waals surface area contributed by atoms with E-state index in [1.54, 1.807) is 0 Å². The second-order valence-corrected chi connectivity index (χ2v) is 7.82. The zero-order valence-electron chi connectivity index (χ0n) is 16.7. The zero-order valence-corrected chi connectivity index (χ0v) is 16.7. The Morgan fingerprint density at radius 1 is 0.714 bits per heavy atom. The summed E-state index contributed by atoms with van der Waals surface area (Å²) < 4.78 is 6.69. The lowest BCUT2D eigenvalue weighted by atomic mass is 9.71. The summed E-state index contributed by atoms with van der Waals surface area (Å²) in [5.41, 5.74) is 4.94. The van der Waals surface area contributed by atoms with E-state index in [4.69, 9.17) is 4.74 Å². The van der Waals surface area contributed by atoms with Gasteiger partial charge in [-0.25, -0.2) is 0 Å². The Morgan fingerprint density at radius 3 is 2.18 bits per heavy atom. The van der Waals surface area contributed by atoms with Crippen LogP contribution in [-0.2, 0) is 10.3 Å². The number of hydrogen-bond acceptors (Lipinski definition) is 1. The lowest BCUT2D eigenvalue weighted by molar-refractivity contribution is -0.0180. The third-order valence-corrected chi connectivity index (χ3v) is 6.22. The Hall–Kier alpha value is -2.64. The number of benzene rings is 4. The van der Waals surface area contributed by atoms with Gasteiger partial charge in [-0.05, 0) is 69.3 Å². The summed E-state index contributed by atoms with van der Waals surface area (Å²) >= 11 is 0. The van der Waals surface area contributed by atoms with Gasteiger partial charge in [0.15, 0.2) is 0 Å². The van der Waals surface area contributed by atoms with Crippen molar-refractivity contribution < 1.29 is 4.74 Å². The summed E-state index contributed by atoms with van der Waals surface area (Å²) in [7, 11) is 0. The average molecular weight is 367 g/mol. The maximum absolute atomic E-state index is 6.69. The molecule has 0 heterocycles. The second-order valence-electron chi connectivity index (χ2n) is 7.82. The quantitative estimate of drug-likeness (QED) is 0.356. The molecule has 5 rings (SSSR count). The molecule has 1 aliphatic carbocycles. The molecule has 0 amide bonds. The standard InChI is InChI=1S/C27H26O/c1-3-5-16-27(28-4-2)24-15-9-13-19-12-8-14-22(26(19)24)23-17-20-10-6-7-11-21(20)18-25(23)27/h6-15,17-18H,3-5,16H2,1-2H3. The van der Waals surface area contributed by atoms with Gasteiger partial charge in [0.2, 0.25) is 0 Å². The van der Waals surface area contributed by atoms with Crippen LogP contribution < -0.4 is 0 Å². The third kappa shape index (κ3) is 2.43. The Kier molecular flexibility index (Phi) is 4.21. The van der Waals surface area contributed by atoms with Crippen molar-refractivity contribution in [2.45, 2.75) is 38.7 Å². The predicted octanol–water partition coefficient (Wildman–Crippen LogP) is 7.44. The second kappa shape index (κ2) is 6.76. The highest BCUT2D eigenvalue weighted by molar-refractivity contribution is 6.05. The molecule has 1 heteroatoms. The molecule has 0 saturated carbocycles. The van der Waals surface area contributed by atoms with Crippen molar-refractivity contribution in [2.75, 3.05) is 6.61 Å². The van der Waals surface area contributed by atoms with Crippen LogP contribution in [0.5, 0.6) is 0 Å². The zero-order chi connectivity index (χ0) is 19.1. The van der Waals surface area contributed by atoms with Gasteiger partial charge in [0.1, 0.15) is 5.60 Å². The molecule has 0 bridgehead atoms. The molecule has 1 atom stereocenters. The van der Waals surface area contributed by atoms with Crippen molar-refractivity contribution in [3.8, 4) is 11.1 Å². The molecule has 140 valence electrons. The van der Waals surface area contributed by atoms with Crippen molar-refractivity contribution in [3.63, 3.8) is 0 Å². The van der Waals surface area contributed by atoms with Crippen LogP contribution >= 0.6 is 0 Å². The Morgan fingerprint density at radius 2 is 1.43 bits per heavy atom. The van der Waals surface area contributed by atoms with E-state index in [9.17, 15) is 0 Å². The van der Waals surface area contributed by atoms with Crippen molar-refractivity contribution >= 4 is 21.5 Å².